The van der Waals surface area contributed by atoms with Crippen molar-refractivity contribution in [1.29, 1.82) is 0 Å². The van der Waals surface area contributed by atoms with E-state index >= 15 is 0 Å². The average molecular weight is 294 g/mol. The second-order valence-corrected chi connectivity index (χ2v) is 5.73. The minimum absolute atomic E-state index is 0.102. The number of sulfone groups is 1. The van der Waals surface area contributed by atoms with E-state index in [2.05, 4.69) is 15.9 Å². The highest BCUT2D eigenvalue weighted by molar-refractivity contribution is 9.10. The van der Waals surface area contributed by atoms with Crippen LogP contribution < -0.4 is 5.73 Å². The van der Waals surface area contributed by atoms with Crippen LogP contribution in [0.4, 0.5) is 5.69 Å². The molecule has 1 aromatic rings. The minimum Gasteiger partial charge on any atom is -0.398 e. The van der Waals surface area contributed by atoms with Crippen molar-refractivity contribution in [2.75, 3.05) is 18.3 Å². The van der Waals surface area contributed by atoms with E-state index in [1.807, 2.05) is 0 Å². The molecule has 1 rings (SSSR count). The third-order valence-corrected chi connectivity index (χ3v) is 3.75. The highest BCUT2D eigenvalue weighted by Gasteiger charge is 2.17. The molecule has 0 bridgehead atoms. The smallest absolute Gasteiger partial charge is 0.204 e. The van der Waals surface area contributed by atoms with Crippen LogP contribution in [-0.2, 0) is 14.6 Å². The summed E-state index contributed by atoms with van der Waals surface area (Å²) >= 11 is 3.20. The van der Waals surface area contributed by atoms with Gasteiger partial charge in [-0.1, -0.05) is 15.9 Å². The zero-order valence-corrected chi connectivity index (χ0v) is 10.6. The van der Waals surface area contributed by atoms with Gasteiger partial charge >= 0.3 is 0 Å². The molecule has 0 saturated carbocycles. The Bertz CT molecular complexity index is 445. The number of nitrogens with two attached hydrogens (primary N) is 1. The molecule has 0 unspecified atom stereocenters. The molecule has 84 valence electrons. The number of anilines is 1. The Hall–Kier alpha value is -0.590. The molecule has 0 atom stereocenters. The maximum atomic E-state index is 11.7. The predicted molar refractivity (Wildman–Crippen MR) is 62.2 cm³/mol. The van der Waals surface area contributed by atoms with E-state index in [1.165, 1.54) is 6.07 Å². The third-order valence-electron chi connectivity index (χ3n) is 1.75. The molecule has 0 saturated heterocycles. The van der Waals surface area contributed by atoms with E-state index in [0.29, 0.717) is 11.1 Å². The van der Waals surface area contributed by atoms with Crippen LogP contribution in [0.25, 0.3) is 0 Å². The third kappa shape index (κ3) is 3.19. The number of hydrogen-bond donors (Lipinski definition) is 1. The van der Waals surface area contributed by atoms with Crippen LogP contribution in [0.3, 0.4) is 0 Å². The van der Waals surface area contributed by atoms with Crippen LogP contribution >= 0.6 is 15.9 Å². The van der Waals surface area contributed by atoms with E-state index in [1.54, 1.807) is 19.1 Å². The molecular formula is C9H12BrNO3S. The van der Waals surface area contributed by atoms with Gasteiger partial charge in [0, 0.05) is 11.1 Å². The summed E-state index contributed by atoms with van der Waals surface area (Å²) in [4.78, 5) is 0.102. The standard InChI is InChI=1S/C9H12BrNO3S/c1-2-14-6-15(12,13)9-5-7(10)3-4-8(9)11/h3-5H,2,6,11H2,1H3. The SMILES string of the molecule is CCOCS(=O)(=O)c1cc(Br)ccc1N. The lowest BCUT2D eigenvalue weighted by atomic mass is 10.3. The molecule has 0 aliphatic carbocycles. The monoisotopic (exact) mass is 293 g/mol. The molecule has 6 heteroatoms. The fraction of sp³-hybridized carbons (Fsp3) is 0.333. The van der Waals surface area contributed by atoms with Crippen LogP contribution in [0.2, 0.25) is 0 Å². The van der Waals surface area contributed by atoms with Crippen LogP contribution in [0.5, 0.6) is 0 Å². The topological polar surface area (TPSA) is 69.4 Å². The first-order chi connectivity index (χ1) is 6.97. The van der Waals surface area contributed by atoms with Crippen LogP contribution in [-0.4, -0.2) is 21.0 Å². The van der Waals surface area contributed by atoms with Crippen LogP contribution in [0.15, 0.2) is 27.6 Å². The molecule has 0 heterocycles. The Morgan fingerprint density at radius 2 is 2.13 bits per heavy atom. The van der Waals surface area contributed by atoms with Crippen molar-refractivity contribution >= 4 is 31.5 Å². The van der Waals surface area contributed by atoms with Gasteiger partial charge in [-0.05, 0) is 25.1 Å². The molecule has 1 aromatic carbocycles. The molecule has 0 aromatic heterocycles. The van der Waals surface area contributed by atoms with Crippen molar-refractivity contribution in [3.8, 4) is 0 Å². The molecule has 0 aliphatic rings. The second kappa shape index (κ2) is 4.96. The number of halogens is 1. The molecule has 0 spiro atoms. The summed E-state index contributed by atoms with van der Waals surface area (Å²) in [5, 5.41) is 0. The summed E-state index contributed by atoms with van der Waals surface area (Å²) < 4.78 is 29.0. The zero-order valence-electron chi connectivity index (χ0n) is 8.23. The van der Waals surface area contributed by atoms with Gasteiger partial charge in [-0.2, -0.15) is 0 Å². The van der Waals surface area contributed by atoms with Gasteiger partial charge < -0.3 is 10.5 Å². The lowest BCUT2D eigenvalue weighted by Gasteiger charge is -2.07. The van der Waals surface area contributed by atoms with Crippen LogP contribution in [0.1, 0.15) is 6.92 Å². The maximum Gasteiger partial charge on any atom is 0.204 e. The fourth-order valence-corrected chi connectivity index (χ4v) is 2.79. The number of rotatable bonds is 4. The molecule has 0 radical (unpaired) electrons. The van der Waals surface area contributed by atoms with Gasteiger partial charge in [0.05, 0.1) is 10.6 Å². The first-order valence-corrected chi connectivity index (χ1v) is 6.77. The molecule has 15 heavy (non-hydrogen) atoms. The summed E-state index contributed by atoms with van der Waals surface area (Å²) in [6.45, 7) is 2.09. The van der Waals surface area contributed by atoms with E-state index in [4.69, 9.17) is 10.5 Å². The second-order valence-electron chi connectivity index (χ2n) is 2.91. The van der Waals surface area contributed by atoms with Gasteiger partial charge in [0.25, 0.3) is 0 Å². The molecule has 0 aliphatic heterocycles. The summed E-state index contributed by atoms with van der Waals surface area (Å²) in [6.07, 6.45) is 0. The van der Waals surface area contributed by atoms with Crippen molar-refractivity contribution in [2.45, 2.75) is 11.8 Å². The van der Waals surface area contributed by atoms with Crippen molar-refractivity contribution in [1.82, 2.24) is 0 Å². The average Bonchev–Trinajstić information content (AvgIpc) is 2.18. The number of ether oxygens (including phenoxy) is 1. The van der Waals surface area contributed by atoms with E-state index in [0.717, 1.165) is 0 Å². The Kier molecular flexibility index (Phi) is 4.12. The molecular weight excluding hydrogens is 282 g/mol. The maximum absolute atomic E-state index is 11.7. The van der Waals surface area contributed by atoms with Crippen molar-refractivity contribution in [3.05, 3.63) is 22.7 Å². The molecule has 0 amide bonds. The van der Waals surface area contributed by atoms with Crippen molar-refractivity contribution in [2.24, 2.45) is 0 Å². The molecule has 2 N–H and O–H groups in total. The highest BCUT2D eigenvalue weighted by Crippen LogP contribution is 2.23. The van der Waals surface area contributed by atoms with Gasteiger partial charge in [0.15, 0.2) is 5.94 Å². The summed E-state index contributed by atoms with van der Waals surface area (Å²) in [6, 6.07) is 4.71. The largest absolute Gasteiger partial charge is 0.398 e. The Morgan fingerprint density at radius 3 is 2.73 bits per heavy atom. The minimum atomic E-state index is -3.45. The van der Waals surface area contributed by atoms with E-state index in [9.17, 15) is 8.42 Å². The normalized spacial score (nSPS) is 11.6. The van der Waals surface area contributed by atoms with Gasteiger partial charge in [0.1, 0.15) is 0 Å². The lowest BCUT2D eigenvalue weighted by Crippen LogP contribution is -2.12. The Balaban J connectivity index is 3.09. The van der Waals surface area contributed by atoms with E-state index in [-0.39, 0.29) is 16.5 Å². The zero-order chi connectivity index (χ0) is 11.5. The highest BCUT2D eigenvalue weighted by atomic mass is 79.9. The van der Waals surface area contributed by atoms with Gasteiger partial charge in [0.2, 0.25) is 9.84 Å². The van der Waals surface area contributed by atoms with Gasteiger partial charge in [-0.15, -0.1) is 0 Å². The summed E-state index contributed by atoms with van der Waals surface area (Å²) in [7, 11) is -3.45. The molecule has 4 nitrogen and oxygen atoms in total. The number of benzene rings is 1. The van der Waals surface area contributed by atoms with Crippen molar-refractivity contribution in [3.63, 3.8) is 0 Å². The summed E-state index contributed by atoms with van der Waals surface area (Å²) in [5.74, 6) is -0.343. The van der Waals surface area contributed by atoms with Gasteiger partial charge in [-0.25, -0.2) is 8.42 Å². The number of nitrogen functional groups attached to an aromatic ring is 1. The van der Waals surface area contributed by atoms with E-state index < -0.39 is 9.84 Å². The van der Waals surface area contributed by atoms with Crippen LogP contribution in [0, 0.1) is 0 Å². The number of hydrogen-bond acceptors (Lipinski definition) is 4. The quantitative estimate of drug-likeness (QED) is 0.860. The Morgan fingerprint density at radius 1 is 1.47 bits per heavy atom. The predicted octanol–water partition coefficient (Wildman–Crippen LogP) is 1.80. The lowest BCUT2D eigenvalue weighted by molar-refractivity contribution is 0.192. The first kappa shape index (κ1) is 12.5. The Labute approximate surface area is 97.5 Å². The summed E-state index contributed by atoms with van der Waals surface area (Å²) in [5.41, 5.74) is 5.83. The fourth-order valence-electron chi connectivity index (χ4n) is 1.03. The van der Waals surface area contributed by atoms with Gasteiger partial charge in [-0.3, -0.25) is 0 Å². The molecule has 0 fully saturated rings. The van der Waals surface area contributed by atoms with Crippen molar-refractivity contribution < 1.29 is 13.2 Å². The first-order valence-electron chi connectivity index (χ1n) is 4.33.